The number of nitrogens with zero attached hydrogens (tertiary/aromatic N) is 2. The van der Waals surface area contributed by atoms with Crippen LogP contribution in [0.1, 0.15) is 22.7 Å². The Morgan fingerprint density at radius 2 is 1.79 bits per heavy atom. The molecule has 0 spiro atoms. The molecule has 2 aromatic carbocycles. The summed E-state index contributed by atoms with van der Waals surface area (Å²) in [6.07, 6.45) is 0. The van der Waals surface area contributed by atoms with Crippen LogP contribution in [0.5, 0.6) is 0 Å². The largest absolute Gasteiger partial charge is 0.480 e. The number of hydrogen-bond acceptors (Lipinski definition) is 5. The van der Waals surface area contributed by atoms with Crippen LogP contribution in [0.4, 0.5) is 0 Å². The zero-order chi connectivity index (χ0) is 20.6. The topological polar surface area (TPSA) is 82.1 Å². The van der Waals surface area contributed by atoms with Crippen molar-refractivity contribution >= 4 is 11.9 Å². The zero-order valence-electron chi connectivity index (χ0n) is 16.6. The highest BCUT2D eigenvalue weighted by atomic mass is 16.6. The average molecular weight is 397 g/mol. The Labute approximate surface area is 170 Å². The molecule has 0 aliphatic carbocycles. The summed E-state index contributed by atoms with van der Waals surface area (Å²) >= 11 is 0. The van der Waals surface area contributed by atoms with Crippen molar-refractivity contribution in [2.45, 2.75) is 19.6 Å². The number of benzene rings is 2. The third kappa shape index (κ3) is 6.12. The molecule has 1 atom stereocenters. The van der Waals surface area contributed by atoms with E-state index in [-0.39, 0.29) is 12.5 Å². The Kier molecular flexibility index (Phi) is 7.35. The van der Waals surface area contributed by atoms with Gasteiger partial charge >= 0.3 is 5.97 Å². The fourth-order valence-electron chi connectivity index (χ4n) is 3.54. The molecule has 3 rings (SSSR count). The number of hydroxylamine groups is 1. The van der Waals surface area contributed by atoms with Gasteiger partial charge in [0, 0.05) is 26.2 Å². The van der Waals surface area contributed by atoms with Gasteiger partial charge in [0.1, 0.15) is 6.04 Å². The van der Waals surface area contributed by atoms with E-state index in [0.717, 1.165) is 16.7 Å². The molecule has 7 heteroatoms. The maximum Gasteiger partial charge on any atom is 0.325 e. The first-order chi connectivity index (χ1) is 14.0. The van der Waals surface area contributed by atoms with Crippen molar-refractivity contribution in [3.8, 4) is 0 Å². The van der Waals surface area contributed by atoms with Crippen LogP contribution in [0.3, 0.4) is 0 Å². The van der Waals surface area contributed by atoms with Gasteiger partial charge in [-0.25, -0.2) is 5.48 Å². The highest BCUT2D eigenvalue weighted by molar-refractivity contribution is 5.77. The molecule has 1 unspecified atom stereocenters. The molecular formula is C22H27N3O4. The number of piperazine rings is 1. The molecule has 1 saturated heterocycles. The SMILES string of the molecule is Cc1cccc(C(C(=O)O)N2CCN(CC(=O)NOCc3ccccc3)CC2)c1. The number of carboxylic acid groups (broad SMARTS) is 1. The lowest BCUT2D eigenvalue weighted by molar-refractivity contribution is -0.145. The van der Waals surface area contributed by atoms with Gasteiger partial charge < -0.3 is 5.11 Å². The van der Waals surface area contributed by atoms with Crippen LogP contribution in [0.25, 0.3) is 0 Å². The van der Waals surface area contributed by atoms with Crippen molar-refractivity contribution in [2.24, 2.45) is 0 Å². The summed E-state index contributed by atoms with van der Waals surface area (Å²) in [5, 5.41) is 9.74. The third-order valence-electron chi connectivity index (χ3n) is 5.00. The first-order valence-corrected chi connectivity index (χ1v) is 9.73. The van der Waals surface area contributed by atoms with Crippen LogP contribution in [-0.4, -0.2) is 59.5 Å². The van der Waals surface area contributed by atoms with Gasteiger partial charge in [0.05, 0.1) is 13.2 Å². The van der Waals surface area contributed by atoms with E-state index >= 15 is 0 Å². The number of carboxylic acids is 1. The predicted molar refractivity (Wildman–Crippen MR) is 109 cm³/mol. The van der Waals surface area contributed by atoms with Crippen LogP contribution < -0.4 is 5.48 Å². The lowest BCUT2D eigenvalue weighted by Gasteiger charge is -2.37. The Morgan fingerprint density at radius 3 is 2.45 bits per heavy atom. The summed E-state index contributed by atoms with van der Waals surface area (Å²) in [6, 6.07) is 16.6. The van der Waals surface area contributed by atoms with Gasteiger partial charge in [-0.2, -0.15) is 0 Å². The second-order valence-electron chi connectivity index (χ2n) is 7.27. The fraction of sp³-hybridized carbons (Fsp3) is 0.364. The molecule has 0 aromatic heterocycles. The number of hydrogen-bond donors (Lipinski definition) is 2. The summed E-state index contributed by atoms with van der Waals surface area (Å²) in [4.78, 5) is 33.2. The van der Waals surface area contributed by atoms with Crippen molar-refractivity contribution in [2.75, 3.05) is 32.7 Å². The lowest BCUT2D eigenvalue weighted by Crippen LogP contribution is -2.51. The molecule has 1 aliphatic rings. The van der Waals surface area contributed by atoms with E-state index in [1.165, 1.54) is 0 Å². The van der Waals surface area contributed by atoms with Gasteiger partial charge in [0.15, 0.2) is 0 Å². The minimum absolute atomic E-state index is 0.206. The lowest BCUT2D eigenvalue weighted by atomic mass is 10.0. The molecule has 2 aromatic rings. The molecule has 154 valence electrons. The molecule has 1 heterocycles. The van der Waals surface area contributed by atoms with Crippen LogP contribution in [0.15, 0.2) is 54.6 Å². The van der Waals surface area contributed by atoms with Crippen molar-refractivity contribution in [1.29, 1.82) is 0 Å². The first kappa shape index (κ1) is 21.0. The Hall–Kier alpha value is -2.74. The first-order valence-electron chi connectivity index (χ1n) is 9.73. The summed E-state index contributed by atoms with van der Waals surface area (Å²) in [5.41, 5.74) is 5.29. The van der Waals surface area contributed by atoms with Gasteiger partial charge in [-0.15, -0.1) is 0 Å². The monoisotopic (exact) mass is 397 g/mol. The summed E-state index contributed by atoms with van der Waals surface area (Å²) in [7, 11) is 0. The van der Waals surface area contributed by atoms with Crippen molar-refractivity contribution in [3.05, 3.63) is 71.3 Å². The maximum atomic E-state index is 12.1. The van der Waals surface area contributed by atoms with E-state index in [9.17, 15) is 14.7 Å². The number of amides is 1. The van der Waals surface area contributed by atoms with Crippen LogP contribution in [-0.2, 0) is 21.0 Å². The third-order valence-corrected chi connectivity index (χ3v) is 5.00. The Morgan fingerprint density at radius 1 is 1.07 bits per heavy atom. The quantitative estimate of drug-likeness (QED) is 0.663. The molecule has 1 aliphatic heterocycles. The molecule has 1 fully saturated rings. The second kappa shape index (κ2) is 10.2. The van der Waals surface area contributed by atoms with Crippen LogP contribution in [0, 0.1) is 6.92 Å². The Balaban J connectivity index is 1.45. The van der Waals surface area contributed by atoms with Gasteiger partial charge in [-0.3, -0.25) is 24.2 Å². The molecule has 2 N–H and O–H groups in total. The van der Waals surface area contributed by atoms with Gasteiger partial charge in [0.2, 0.25) is 0 Å². The molecule has 1 amide bonds. The number of rotatable bonds is 8. The Bertz CT molecular complexity index is 820. The molecule has 29 heavy (non-hydrogen) atoms. The minimum Gasteiger partial charge on any atom is -0.480 e. The average Bonchev–Trinajstić information content (AvgIpc) is 2.70. The number of aliphatic carboxylic acids is 1. The van der Waals surface area contributed by atoms with Gasteiger partial charge in [-0.05, 0) is 18.1 Å². The van der Waals surface area contributed by atoms with Gasteiger partial charge in [-0.1, -0.05) is 60.2 Å². The van der Waals surface area contributed by atoms with E-state index in [1.54, 1.807) is 0 Å². The summed E-state index contributed by atoms with van der Waals surface area (Å²) < 4.78 is 0. The van der Waals surface area contributed by atoms with E-state index < -0.39 is 12.0 Å². The van der Waals surface area contributed by atoms with E-state index in [4.69, 9.17) is 4.84 Å². The second-order valence-corrected chi connectivity index (χ2v) is 7.27. The highest BCUT2D eigenvalue weighted by Gasteiger charge is 2.30. The molecule has 0 bridgehead atoms. The van der Waals surface area contributed by atoms with Crippen LogP contribution >= 0.6 is 0 Å². The number of aryl methyl sites for hydroxylation is 1. The standard InChI is InChI=1S/C22H27N3O4/c1-17-6-5-9-19(14-17)21(22(27)28)25-12-10-24(11-13-25)15-20(26)23-29-16-18-7-3-2-4-8-18/h2-9,14,21H,10-13,15-16H2,1H3,(H,23,26)(H,27,28). The van der Waals surface area contributed by atoms with Crippen LogP contribution in [0.2, 0.25) is 0 Å². The maximum absolute atomic E-state index is 12.1. The van der Waals surface area contributed by atoms with E-state index in [1.807, 2.05) is 71.3 Å². The van der Waals surface area contributed by atoms with E-state index in [0.29, 0.717) is 32.8 Å². The normalized spacial score (nSPS) is 16.3. The minimum atomic E-state index is -0.851. The molecule has 0 saturated carbocycles. The van der Waals surface area contributed by atoms with Crippen molar-refractivity contribution in [3.63, 3.8) is 0 Å². The fourth-order valence-corrected chi connectivity index (χ4v) is 3.54. The van der Waals surface area contributed by atoms with Crippen molar-refractivity contribution < 1.29 is 19.5 Å². The zero-order valence-corrected chi connectivity index (χ0v) is 16.6. The molecular weight excluding hydrogens is 370 g/mol. The van der Waals surface area contributed by atoms with E-state index in [2.05, 4.69) is 5.48 Å². The van der Waals surface area contributed by atoms with Gasteiger partial charge in [0.25, 0.3) is 5.91 Å². The summed E-state index contributed by atoms with van der Waals surface area (Å²) in [6.45, 7) is 4.93. The number of carbonyl (C=O) groups is 2. The number of nitrogens with one attached hydrogen (secondary N) is 1. The molecule has 7 nitrogen and oxygen atoms in total. The highest BCUT2D eigenvalue weighted by Crippen LogP contribution is 2.23. The molecule has 0 radical (unpaired) electrons. The summed E-state index contributed by atoms with van der Waals surface area (Å²) in [5.74, 6) is -1.06. The smallest absolute Gasteiger partial charge is 0.325 e. The number of carbonyl (C=O) groups excluding carboxylic acids is 1. The van der Waals surface area contributed by atoms with Crippen molar-refractivity contribution in [1.82, 2.24) is 15.3 Å². The predicted octanol–water partition coefficient (Wildman–Crippen LogP) is 1.99.